The third-order valence-corrected chi connectivity index (χ3v) is 3.55. The van der Waals surface area contributed by atoms with Gasteiger partial charge in [-0.3, -0.25) is 4.99 Å². The molecule has 0 atom stereocenters. The van der Waals surface area contributed by atoms with E-state index < -0.39 is 0 Å². The van der Waals surface area contributed by atoms with E-state index in [9.17, 15) is 5.26 Å². The molecule has 2 aromatic rings. The lowest BCUT2D eigenvalue weighted by molar-refractivity contribution is 1.44. The summed E-state index contributed by atoms with van der Waals surface area (Å²) in [7, 11) is 1.74. The van der Waals surface area contributed by atoms with Gasteiger partial charge in [0, 0.05) is 24.2 Å². The summed E-state index contributed by atoms with van der Waals surface area (Å²) in [6, 6.07) is 14.0. The highest BCUT2D eigenvalue weighted by molar-refractivity contribution is 6.17. The van der Waals surface area contributed by atoms with Gasteiger partial charge in [0.15, 0.2) is 0 Å². The molecule has 0 saturated carbocycles. The number of benzene rings is 2. The molecule has 0 aliphatic rings. The SMILES string of the molecule is C=C.C=C/C(C(=C)C)=C(/C=NC)c1ccc(C#N)c2ccccc12. The minimum Gasteiger partial charge on any atom is -0.296 e. The Morgan fingerprint density at radius 1 is 1.12 bits per heavy atom. The lowest BCUT2D eigenvalue weighted by Gasteiger charge is -2.13. The second-order valence-corrected chi connectivity index (χ2v) is 5.02. The fraction of sp³-hybridized carbons (Fsp3) is 0.0909. The zero-order valence-electron chi connectivity index (χ0n) is 14.3. The number of hydrogen-bond donors (Lipinski definition) is 0. The van der Waals surface area contributed by atoms with Gasteiger partial charge in [0.1, 0.15) is 0 Å². The molecule has 2 heteroatoms. The van der Waals surface area contributed by atoms with E-state index in [1.54, 1.807) is 13.1 Å². The van der Waals surface area contributed by atoms with Gasteiger partial charge in [-0.1, -0.05) is 55.1 Å². The molecule has 0 amide bonds. The van der Waals surface area contributed by atoms with Crippen LogP contribution in [0.5, 0.6) is 0 Å². The lowest BCUT2D eigenvalue weighted by Crippen LogP contribution is -1.96. The van der Waals surface area contributed by atoms with Crippen LogP contribution in [0.2, 0.25) is 0 Å². The first-order valence-corrected chi connectivity index (χ1v) is 7.51. The first-order valence-electron chi connectivity index (χ1n) is 7.51. The van der Waals surface area contributed by atoms with Gasteiger partial charge >= 0.3 is 0 Å². The number of aliphatic imine (C=N–C) groups is 1. The summed E-state index contributed by atoms with van der Waals surface area (Å²) in [5, 5.41) is 11.3. The lowest BCUT2D eigenvalue weighted by atomic mass is 9.91. The molecule has 0 radical (unpaired) electrons. The zero-order chi connectivity index (χ0) is 18.1. The first kappa shape index (κ1) is 18.9. The fourth-order valence-corrected chi connectivity index (χ4v) is 2.56. The highest BCUT2D eigenvalue weighted by atomic mass is 14.6. The molecule has 0 spiro atoms. The Hall–Kier alpha value is -3.18. The van der Waals surface area contributed by atoms with Gasteiger partial charge in [-0.25, -0.2) is 0 Å². The van der Waals surface area contributed by atoms with Crippen LogP contribution >= 0.6 is 0 Å². The summed E-state index contributed by atoms with van der Waals surface area (Å²) >= 11 is 0. The van der Waals surface area contributed by atoms with Crippen molar-refractivity contribution in [3.63, 3.8) is 0 Å². The Morgan fingerprint density at radius 2 is 1.75 bits per heavy atom. The molecule has 0 unspecified atom stereocenters. The normalized spacial score (nSPS) is 11.2. The maximum Gasteiger partial charge on any atom is 0.0998 e. The number of nitriles is 1. The van der Waals surface area contributed by atoms with Crippen molar-refractivity contribution in [1.29, 1.82) is 5.26 Å². The highest BCUT2D eigenvalue weighted by Gasteiger charge is 2.11. The topological polar surface area (TPSA) is 36.1 Å². The van der Waals surface area contributed by atoms with Crippen molar-refractivity contribution in [1.82, 2.24) is 0 Å². The maximum absolute atomic E-state index is 9.29. The molecule has 0 aromatic heterocycles. The molecule has 120 valence electrons. The van der Waals surface area contributed by atoms with E-state index >= 15 is 0 Å². The van der Waals surface area contributed by atoms with Crippen LogP contribution in [0.3, 0.4) is 0 Å². The molecule has 0 bridgehead atoms. The minimum atomic E-state index is 0.669. The van der Waals surface area contributed by atoms with Crippen LogP contribution in [0.1, 0.15) is 18.1 Å². The first-order chi connectivity index (χ1) is 11.6. The van der Waals surface area contributed by atoms with Crippen molar-refractivity contribution in [3.05, 3.63) is 91.1 Å². The monoisotopic (exact) mass is 314 g/mol. The summed E-state index contributed by atoms with van der Waals surface area (Å²) in [5.41, 5.74) is 4.55. The largest absolute Gasteiger partial charge is 0.296 e. The van der Waals surface area contributed by atoms with Crippen LogP contribution in [0, 0.1) is 11.3 Å². The predicted molar refractivity (Wildman–Crippen MR) is 106 cm³/mol. The fourth-order valence-electron chi connectivity index (χ4n) is 2.56. The number of rotatable bonds is 4. The molecule has 0 saturated heterocycles. The van der Waals surface area contributed by atoms with Crippen LogP contribution in [0.25, 0.3) is 16.3 Å². The van der Waals surface area contributed by atoms with Gasteiger partial charge in [0.25, 0.3) is 0 Å². The highest BCUT2D eigenvalue weighted by Crippen LogP contribution is 2.30. The molecule has 2 aromatic carbocycles. The third-order valence-electron chi connectivity index (χ3n) is 3.55. The summed E-state index contributed by atoms with van der Waals surface area (Å²) in [4.78, 5) is 4.18. The second kappa shape index (κ2) is 9.07. The summed E-state index contributed by atoms with van der Waals surface area (Å²) in [5.74, 6) is 0. The van der Waals surface area contributed by atoms with Crippen molar-refractivity contribution in [3.8, 4) is 6.07 Å². The van der Waals surface area contributed by atoms with Crippen molar-refractivity contribution < 1.29 is 0 Å². The van der Waals surface area contributed by atoms with Gasteiger partial charge in [0.2, 0.25) is 0 Å². The zero-order valence-corrected chi connectivity index (χ0v) is 14.3. The number of allylic oxidation sites excluding steroid dienone is 4. The van der Waals surface area contributed by atoms with Crippen molar-refractivity contribution >= 4 is 22.6 Å². The number of nitrogens with zero attached hydrogens (tertiary/aromatic N) is 2. The molecule has 2 nitrogen and oxygen atoms in total. The van der Waals surface area contributed by atoms with E-state index in [2.05, 4.69) is 37.4 Å². The van der Waals surface area contributed by atoms with E-state index in [-0.39, 0.29) is 0 Å². The van der Waals surface area contributed by atoms with E-state index in [4.69, 9.17) is 0 Å². The Morgan fingerprint density at radius 3 is 2.25 bits per heavy atom. The molecule has 0 aliphatic carbocycles. The minimum absolute atomic E-state index is 0.669. The number of hydrogen-bond acceptors (Lipinski definition) is 2. The van der Waals surface area contributed by atoms with Gasteiger partial charge in [-0.15, -0.1) is 13.2 Å². The number of fused-ring (bicyclic) bond motifs is 1. The standard InChI is InChI=1S/C20H18N2.C2H4/c1-5-16(14(2)3)20(13-22-4)19-11-10-15(12-21)17-8-6-7-9-18(17)19;1-2/h5-11,13H,1-2H2,3-4H3;1-2H2/b20-16+,22-13?;. The molecule has 0 aliphatic heterocycles. The van der Waals surface area contributed by atoms with E-state index in [1.807, 2.05) is 49.5 Å². The summed E-state index contributed by atoms with van der Waals surface area (Å²) < 4.78 is 0. The second-order valence-electron chi connectivity index (χ2n) is 5.02. The molecule has 24 heavy (non-hydrogen) atoms. The van der Waals surface area contributed by atoms with Crippen molar-refractivity contribution in [2.24, 2.45) is 4.99 Å². The third kappa shape index (κ3) is 3.77. The van der Waals surface area contributed by atoms with Gasteiger partial charge in [-0.05, 0) is 29.5 Å². The summed E-state index contributed by atoms with van der Waals surface area (Å²) in [6.45, 7) is 15.9. The van der Waals surface area contributed by atoms with E-state index in [1.165, 1.54) is 0 Å². The average molecular weight is 314 g/mol. The molecular formula is C22H22N2. The van der Waals surface area contributed by atoms with Gasteiger partial charge < -0.3 is 0 Å². The Bertz CT molecular complexity index is 861. The van der Waals surface area contributed by atoms with E-state index in [0.717, 1.165) is 33.1 Å². The Kier molecular flexibility index (Phi) is 7.13. The Labute approximate surface area is 144 Å². The van der Waals surface area contributed by atoms with Crippen LogP contribution in [0.4, 0.5) is 0 Å². The van der Waals surface area contributed by atoms with Crippen LogP contribution in [0.15, 0.2) is 84.9 Å². The van der Waals surface area contributed by atoms with Crippen LogP contribution in [-0.2, 0) is 0 Å². The van der Waals surface area contributed by atoms with Crippen molar-refractivity contribution in [2.75, 3.05) is 7.05 Å². The van der Waals surface area contributed by atoms with Gasteiger partial charge in [0.05, 0.1) is 11.6 Å². The summed E-state index contributed by atoms with van der Waals surface area (Å²) in [6.07, 6.45) is 3.62. The molecular weight excluding hydrogens is 292 g/mol. The van der Waals surface area contributed by atoms with Gasteiger partial charge in [-0.2, -0.15) is 5.26 Å². The van der Waals surface area contributed by atoms with E-state index in [0.29, 0.717) is 5.56 Å². The molecule has 0 heterocycles. The van der Waals surface area contributed by atoms with Crippen LogP contribution < -0.4 is 0 Å². The van der Waals surface area contributed by atoms with Crippen molar-refractivity contribution in [2.45, 2.75) is 6.92 Å². The molecule has 0 N–H and O–H groups in total. The molecule has 0 fully saturated rings. The Balaban J connectivity index is 0.00000139. The van der Waals surface area contributed by atoms with Crippen LogP contribution in [-0.4, -0.2) is 13.3 Å². The maximum atomic E-state index is 9.29. The molecule has 2 rings (SSSR count). The average Bonchev–Trinajstić information content (AvgIpc) is 2.62. The smallest absolute Gasteiger partial charge is 0.0998 e. The quantitative estimate of drug-likeness (QED) is 0.403. The predicted octanol–water partition coefficient (Wildman–Crippen LogP) is 5.73.